The van der Waals surface area contributed by atoms with Crippen LogP contribution < -0.4 is 5.14 Å². The van der Waals surface area contributed by atoms with Crippen LogP contribution in [0.5, 0.6) is 0 Å². The van der Waals surface area contributed by atoms with Crippen molar-refractivity contribution < 1.29 is 21.8 Å². The van der Waals surface area contributed by atoms with Gasteiger partial charge in [-0.15, -0.1) is 0 Å². The van der Waals surface area contributed by atoms with Crippen molar-refractivity contribution in [1.82, 2.24) is 4.57 Å². The third-order valence-electron chi connectivity index (χ3n) is 5.82. The summed E-state index contributed by atoms with van der Waals surface area (Å²) in [5, 5.41) is 6.00. The summed E-state index contributed by atoms with van der Waals surface area (Å²) < 4.78 is 70.6. The van der Waals surface area contributed by atoms with Crippen molar-refractivity contribution in [2.75, 3.05) is 0 Å². The number of halogens is 5. The first-order valence-corrected chi connectivity index (χ1v) is 12.4. The van der Waals surface area contributed by atoms with Gasteiger partial charge in [0.05, 0.1) is 21.7 Å². The predicted octanol–water partition coefficient (Wildman–Crippen LogP) is 7.58. The summed E-state index contributed by atoms with van der Waals surface area (Å²) in [5.41, 5.74) is 0.830. The van der Waals surface area contributed by atoms with Gasteiger partial charge in [0.15, 0.2) is 0 Å². The van der Waals surface area contributed by atoms with Crippen LogP contribution in [0.15, 0.2) is 42.6 Å². The quantitative estimate of drug-likeness (QED) is 0.337. The van der Waals surface area contributed by atoms with Crippen molar-refractivity contribution in [3.63, 3.8) is 0 Å². The van der Waals surface area contributed by atoms with Gasteiger partial charge >= 0.3 is 6.18 Å². The second-order valence-electron chi connectivity index (χ2n) is 10.5. The summed E-state index contributed by atoms with van der Waals surface area (Å²) in [6.45, 7) is 9.20. The summed E-state index contributed by atoms with van der Waals surface area (Å²) in [4.78, 5) is 0. The lowest BCUT2D eigenvalue weighted by Crippen LogP contribution is -2.37. The second kappa shape index (κ2) is 9.28. The van der Waals surface area contributed by atoms with Crippen molar-refractivity contribution in [2.24, 2.45) is 10.6 Å². The van der Waals surface area contributed by atoms with E-state index >= 15 is 4.39 Å². The molecule has 3 rings (SSSR count). The van der Waals surface area contributed by atoms with Crippen LogP contribution in [0.25, 0.3) is 22.0 Å². The van der Waals surface area contributed by atoms with Crippen LogP contribution in [-0.2, 0) is 17.5 Å². The van der Waals surface area contributed by atoms with Crippen LogP contribution in [0.1, 0.15) is 52.5 Å². The molecule has 1 unspecified atom stereocenters. The molecule has 1 aromatic heterocycles. The molecule has 0 aliphatic heterocycles. The first-order chi connectivity index (χ1) is 15.5. The Morgan fingerprint density at radius 1 is 1.06 bits per heavy atom. The summed E-state index contributed by atoms with van der Waals surface area (Å²) in [6.07, 6.45) is -3.70. The SMILES string of the molecule is CC(C)(C)Cn1cc([C@H](CC(C)(C)S(N)=O)C(F)(F)F)c2cc(F)c(-c3ccccc3Cl)cc21. The van der Waals surface area contributed by atoms with E-state index in [2.05, 4.69) is 0 Å². The Bertz CT molecular complexity index is 1230. The highest BCUT2D eigenvalue weighted by molar-refractivity contribution is 7.84. The second-order valence-corrected chi connectivity index (χ2v) is 12.6. The molecule has 1 heterocycles. The molecule has 2 atom stereocenters. The van der Waals surface area contributed by atoms with Gasteiger partial charge in [-0.05, 0) is 49.4 Å². The number of rotatable bonds is 6. The number of benzene rings is 2. The first-order valence-electron chi connectivity index (χ1n) is 10.8. The maximum atomic E-state index is 15.3. The minimum Gasteiger partial charge on any atom is -0.347 e. The Morgan fingerprint density at radius 3 is 2.21 bits per heavy atom. The molecule has 3 aromatic rings. The van der Waals surface area contributed by atoms with Gasteiger partial charge in [0.2, 0.25) is 0 Å². The lowest BCUT2D eigenvalue weighted by Gasteiger charge is -2.29. The molecule has 34 heavy (non-hydrogen) atoms. The van der Waals surface area contributed by atoms with E-state index in [0.717, 1.165) is 6.07 Å². The summed E-state index contributed by atoms with van der Waals surface area (Å²) >= 11 is 6.28. The van der Waals surface area contributed by atoms with Gasteiger partial charge in [0.25, 0.3) is 0 Å². The van der Waals surface area contributed by atoms with E-state index in [1.165, 1.54) is 20.0 Å². The monoisotopic (exact) mass is 516 g/mol. The average molecular weight is 517 g/mol. The first kappa shape index (κ1) is 26.7. The molecule has 0 radical (unpaired) electrons. The van der Waals surface area contributed by atoms with Crippen molar-refractivity contribution in [3.8, 4) is 11.1 Å². The molecular weight excluding hydrogens is 488 g/mol. The van der Waals surface area contributed by atoms with E-state index in [1.807, 2.05) is 20.8 Å². The largest absolute Gasteiger partial charge is 0.395 e. The number of nitrogens with two attached hydrogens (primary N) is 1. The van der Waals surface area contributed by atoms with E-state index in [4.69, 9.17) is 16.7 Å². The highest BCUT2D eigenvalue weighted by Crippen LogP contribution is 2.46. The van der Waals surface area contributed by atoms with Gasteiger partial charge in [-0.3, -0.25) is 5.14 Å². The van der Waals surface area contributed by atoms with Crippen LogP contribution in [0.4, 0.5) is 17.6 Å². The molecule has 0 saturated carbocycles. The van der Waals surface area contributed by atoms with Crippen molar-refractivity contribution in [3.05, 3.63) is 59.0 Å². The fourth-order valence-corrected chi connectivity index (χ4v) is 4.69. The number of aromatic nitrogens is 1. The number of hydrogen-bond donors (Lipinski definition) is 1. The third kappa shape index (κ3) is 5.66. The Hall–Kier alpha value is -1.90. The van der Waals surface area contributed by atoms with Crippen LogP contribution in [-0.4, -0.2) is 19.7 Å². The van der Waals surface area contributed by atoms with Gasteiger partial charge in [-0.1, -0.05) is 50.6 Å². The lowest BCUT2D eigenvalue weighted by atomic mass is 9.88. The zero-order valence-corrected chi connectivity index (χ0v) is 21.3. The maximum Gasteiger partial charge on any atom is 0.395 e. The highest BCUT2D eigenvalue weighted by atomic mass is 35.5. The molecule has 0 aliphatic rings. The molecule has 3 nitrogen and oxygen atoms in total. The van der Waals surface area contributed by atoms with Crippen molar-refractivity contribution in [2.45, 2.75) is 64.4 Å². The molecule has 0 amide bonds. The topological polar surface area (TPSA) is 48.0 Å². The normalized spacial score (nSPS) is 15.0. The highest BCUT2D eigenvalue weighted by Gasteiger charge is 2.46. The fourth-order valence-electron chi connectivity index (χ4n) is 4.12. The zero-order valence-electron chi connectivity index (χ0n) is 19.8. The fraction of sp³-hybridized carbons (Fsp3) is 0.440. The van der Waals surface area contributed by atoms with Crippen LogP contribution in [0, 0.1) is 11.2 Å². The standard InChI is InChI=1S/C25H29ClF4N2OS/c1-23(2,3)14-32-13-18(19(25(28,29)30)12-24(4,5)34(31)33)17-10-21(27)16(11-22(17)32)15-8-6-7-9-20(15)26/h6-11,13,19H,12,14,31H2,1-5H3/t19-,34?/m0/s1. The van der Waals surface area contributed by atoms with E-state index in [0.29, 0.717) is 22.6 Å². The van der Waals surface area contributed by atoms with Gasteiger partial charge in [-0.2, -0.15) is 13.2 Å². The van der Waals surface area contributed by atoms with Crippen molar-refractivity contribution in [1.29, 1.82) is 0 Å². The minimum absolute atomic E-state index is 0.0603. The molecule has 0 aliphatic carbocycles. The van der Waals surface area contributed by atoms with Gasteiger partial charge in [-0.25, -0.2) is 8.60 Å². The summed E-state index contributed by atoms with van der Waals surface area (Å²) in [7, 11) is -1.98. The molecule has 0 fully saturated rings. The Balaban J connectivity index is 2.31. The molecule has 0 bridgehead atoms. The molecular formula is C25H29ClF4N2OS. The third-order valence-corrected chi connectivity index (χ3v) is 7.41. The smallest absolute Gasteiger partial charge is 0.347 e. The molecule has 186 valence electrons. The molecule has 0 spiro atoms. The van der Waals surface area contributed by atoms with E-state index in [-0.39, 0.29) is 21.9 Å². The van der Waals surface area contributed by atoms with E-state index in [9.17, 15) is 17.4 Å². The molecule has 0 saturated heterocycles. The predicted molar refractivity (Wildman–Crippen MR) is 132 cm³/mol. The van der Waals surface area contributed by atoms with Gasteiger partial charge in [0, 0.05) is 39.8 Å². The number of nitrogens with zero attached hydrogens (tertiary/aromatic N) is 1. The Kier molecular flexibility index (Phi) is 7.29. The van der Waals surface area contributed by atoms with Gasteiger partial charge in [0.1, 0.15) is 5.82 Å². The maximum absolute atomic E-state index is 15.3. The van der Waals surface area contributed by atoms with Crippen LogP contribution in [0.3, 0.4) is 0 Å². The summed E-state index contributed by atoms with van der Waals surface area (Å²) in [6, 6.07) is 9.45. The lowest BCUT2D eigenvalue weighted by molar-refractivity contribution is -0.152. The van der Waals surface area contributed by atoms with Crippen molar-refractivity contribution >= 4 is 33.5 Å². The van der Waals surface area contributed by atoms with Gasteiger partial charge < -0.3 is 4.57 Å². The summed E-state index contributed by atoms with van der Waals surface area (Å²) in [5.74, 6) is -2.64. The number of alkyl halides is 3. The van der Waals surface area contributed by atoms with E-state index < -0.39 is 40.1 Å². The Morgan fingerprint density at radius 2 is 1.68 bits per heavy atom. The Labute approximate surface area is 204 Å². The number of fused-ring (bicyclic) bond motifs is 1. The van der Waals surface area contributed by atoms with E-state index in [1.54, 1.807) is 34.9 Å². The molecule has 2 N–H and O–H groups in total. The average Bonchev–Trinajstić information content (AvgIpc) is 3.00. The minimum atomic E-state index is -4.64. The van der Waals surface area contributed by atoms with Crippen LogP contribution >= 0.6 is 11.6 Å². The zero-order chi connectivity index (χ0) is 25.6. The molecule has 2 aromatic carbocycles. The molecule has 9 heteroatoms. The van der Waals surface area contributed by atoms with Crippen LogP contribution in [0.2, 0.25) is 5.02 Å². The number of hydrogen-bond acceptors (Lipinski definition) is 1.